The Morgan fingerprint density at radius 3 is 1.48 bits per heavy atom. The Morgan fingerprint density at radius 2 is 1.19 bits per heavy atom. The Labute approximate surface area is 128 Å². The Bertz CT molecular complexity index is 480. The van der Waals surface area contributed by atoms with Gasteiger partial charge in [0.2, 0.25) is 5.91 Å². The van der Waals surface area contributed by atoms with E-state index < -0.39 is 0 Å². The molecule has 112 valence electrons. The van der Waals surface area contributed by atoms with Crippen molar-refractivity contribution in [3.63, 3.8) is 0 Å². The average molecular weight is 283 g/mol. The molecule has 1 amide bonds. The van der Waals surface area contributed by atoms with Crippen molar-refractivity contribution >= 4 is 5.91 Å². The fourth-order valence-corrected chi connectivity index (χ4v) is 2.03. The maximum atomic E-state index is 12.4. The molecule has 0 bridgehead atoms. The summed E-state index contributed by atoms with van der Waals surface area (Å²) in [5, 5.41) is 0. The van der Waals surface area contributed by atoms with Crippen molar-refractivity contribution in [1.29, 1.82) is 0 Å². The molecular formula is C19H25NO. The quantitative estimate of drug-likeness (QED) is 0.821. The van der Waals surface area contributed by atoms with Crippen molar-refractivity contribution < 1.29 is 4.79 Å². The summed E-state index contributed by atoms with van der Waals surface area (Å²) in [7, 11) is 3.59. The van der Waals surface area contributed by atoms with Crippen molar-refractivity contribution in [2.75, 3.05) is 14.1 Å². The minimum Gasteiger partial charge on any atom is -0.348 e. The van der Waals surface area contributed by atoms with Crippen LogP contribution in [0.25, 0.3) is 0 Å². The zero-order valence-electron chi connectivity index (χ0n) is 13.4. The zero-order chi connectivity index (χ0) is 15.7. The standard InChI is InChI=1S/C16H17NO.C3H8/c1-17(2)16(18)15(13-9-5-3-6-10-13)14-11-7-4-8-12-14;1-3-2/h3-12,15H,1-2H3;3H2,1-2H3. The van der Waals surface area contributed by atoms with E-state index >= 15 is 0 Å². The molecule has 21 heavy (non-hydrogen) atoms. The van der Waals surface area contributed by atoms with Crippen LogP contribution in [0, 0.1) is 0 Å². The summed E-state index contributed by atoms with van der Waals surface area (Å²) in [5.74, 6) is -0.116. The van der Waals surface area contributed by atoms with Crippen LogP contribution in [-0.2, 0) is 4.79 Å². The molecule has 0 aliphatic rings. The van der Waals surface area contributed by atoms with Gasteiger partial charge in [0.25, 0.3) is 0 Å². The van der Waals surface area contributed by atoms with Crippen molar-refractivity contribution in [3.05, 3.63) is 71.8 Å². The van der Waals surface area contributed by atoms with E-state index in [-0.39, 0.29) is 11.8 Å². The number of hydrogen-bond donors (Lipinski definition) is 0. The van der Waals surface area contributed by atoms with Gasteiger partial charge in [0.05, 0.1) is 5.92 Å². The second-order valence-electron chi connectivity index (χ2n) is 5.19. The first kappa shape index (κ1) is 17.0. The predicted octanol–water partition coefficient (Wildman–Crippen LogP) is 4.32. The highest BCUT2D eigenvalue weighted by Gasteiger charge is 2.23. The lowest BCUT2D eigenvalue weighted by molar-refractivity contribution is -0.129. The summed E-state index contributed by atoms with van der Waals surface area (Å²) in [6.45, 7) is 4.25. The molecule has 2 heteroatoms. The van der Waals surface area contributed by atoms with E-state index in [1.54, 1.807) is 19.0 Å². The van der Waals surface area contributed by atoms with E-state index in [0.29, 0.717) is 0 Å². The summed E-state index contributed by atoms with van der Waals surface area (Å²) in [6.07, 6.45) is 1.25. The van der Waals surface area contributed by atoms with Gasteiger partial charge in [-0.15, -0.1) is 0 Å². The third kappa shape index (κ3) is 5.07. The fourth-order valence-electron chi connectivity index (χ4n) is 2.03. The number of hydrogen-bond acceptors (Lipinski definition) is 1. The fraction of sp³-hybridized carbons (Fsp3) is 0.316. The van der Waals surface area contributed by atoms with Crippen LogP contribution in [0.2, 0.25) is 0 Å². The Hall–Kier alpha value is -2.09. The van der Waals surface area contributed by atoms with Crippen molar-refractivity contribution in [2.45, 2.75) is 26.2 Å². The minimum absolute atomic E-state index is 0.104. The molecule has 0 N–H and O–H groups in total. The van der Waals surface area contributed by atoms with Crippen molar-refractivity contribution in [2.24, 2.45) is 0 Å². The van der Waals surface area contributed by atoms with Gasteiger partial charge in [-0.25, -0.2) is 0 Å². The summed E-state index contributed by atoms with van der Waals surface area (Å²) < 4.78 is 0. The molecule has 2 rings (SSSR count). The van der Waals surface area contributed by atoms with Crippen LogP contribution in [0.15, 0.2) is 60.7 Å². The minimum atomic E-state index is -0.220. The van der Waals surface area contributed by atoms with Crippen LogP contribution < -0.4 is 0 Å². The molecule has 0 atom stereocenters. The number of benzene rings is 2. The van der Waals surface area contributed by atoms with Gasteiger partial charge in [-0.2, -0.15) is 0 Å². The third-order valence-corrected chi connectivity index (χ3v) is 2.95. The monoisotopic (exact) mass is 283 g/mol. The SMILES string of the molecule is CCC.CN(C)C(=O)C(c1ccccc1)c1ccccc1. The molecule has 0 aliphatic carbocycles. The molecule has 0 aromatic heterocycles. The Kier molecular flexibility index (Phi) is 7.24. The first-order valence-corrected chi connectivity index (χ1v) is 7.42. The van der Waals surface area contributed by atoms with Crippen LogP contribution >= 0.6 is 0 Å². The topological polar surface area (TPSA) is 20.3 Å². The number of likely N-dealkylation sites (N-methyl/N-ethyl adjacent to an activating group) is 1. The molecule has 0 aliphatic heterocycles. The maximum Gasteiger partial charge on any atom is 0.234 e. The zero-order valence-corrected chi connectivity index (χ0v) is 13.4. The normalized spacial score (nSPS) is 9.76. The highest BCUT2D eigenvalue weighted by molar-refractivity contribution is 5.86. The number of amides is 1. The highest BCUT2D eigenvalue weighted by atomic mass is 16.2. The van der Waals surface area contributed by atoms with Crippen LogP contribution in [0.5, 0.6) is 0 Å². The van der Waals surface area contributed by atoms with E-state index in [9.17, 15) is 4.79 Å². The average Bonchev–Trinajstić information content (AvgIpc) is 2.50. The van der Waals surface area contributed by atoms with Crippen molar-refractivity contribution in [3.8, 4) is 0 Å². The van der Waals surface area contributed by atoms with Crippen LogP contribution in [0.3, 0.4) is 0 Å². The van der Waals surface area contributed by atoms with Gasteiger partial charge >= 0.3 is 0 Å². The van der Waals surface area contributed by atoms with Crippen LogP contribution in [-0.4, -0.2) is 24.9 Å². The molecule has 0 unspecified atom stereocenters. The molecule has 0 saturated carbocycles. The van der Waals surface area contributed by atoms with Crippen LogP contribution in [0.4, 0.5) is 0 Å². The predicted molar refractivity (Wildman–Crippen MR) is 89.4 cm³/mol. The molecule has 2 nitrogen and oxygen atoms in total. The van der Waals surface area contributed by atoms with E-state index in [1.165, 1.54) is 6.42 Å². The van der Waals surface area contributed by atoms with E-state index in [4.69, 9.17) is 0 Å². The molecule has 0 fully saturated rings. The van der Waals surface area contributed by atoms with E-state index in [0.717, 1.165) is 11.1 Å². The molecular weight excluding hydrogens is 258 g/mol. The van der Waals surface area contributed by atoms with E-state index in [1.807, 2.05) is 60.7 Å². The molecule has 0 spiro atoms. The van der Waals surface area contributed by atoms with Gasteiger partial charge in [-0.1, -0.05) is 80.9 Å². The second-order valence-corrected chi connectivity index (χ2v) is 5.19. The molecule has 2 aromatic rings. The molecule has 2 aromatic carbocycles. The Morgan fingerprint density at radius 1 is 0.857 bits per heavy atom. The number of carbonyl (C=O) groups is 1. The first-order valence-electron chi connectivity index (χ1n) is 7.42. The van der Waals surface area contributed by atoms with Gasteiger partial charge in [0.1, 0.15) is 0 Å². The lowest BCUT2D eigenvalue weighted by atomic mass is 9.90. The number of nitrogens with zero attached hydrogens (tertiary/aromatic N) is 1. The Balaban J connectivity index is 0.000000677. The third-order valence-electron chi connectivity index (χ3n) is 2.95. The van der Waals surface area contributed by atoms with Gasteiger partial charge in [0.15, 0.2) is 0 Å². The maximum absolute atomic E-state index is 12.4. The highest BCUT2D eigenvalue weighted by Crippen LogP contribution is 2.25. The van der Waals surface area contributed by atoms with Gasteiger partial charge in [-0.05, 0) is 11.1 Å². The molecule has 0 heterocycles. The van der Waals surface area contributed by atoms with Crippen LogP contribution in [0.1, 0.15) is 37.3 Å². The summed E-state index contributed by atoms with van der Waals surface area (Å²) in [5.41, 5.74) is 2.06. The van der Waals surface area contributed by atoms with Gasteiger partial charge in [-0.3, -0.25) is 4.79 Å². The van der Waals surface area contributed by atoms with Gasteiger partial charge in [0, 0.05) is 14.1 Å². The lowest BCUT2D eigenvalue weighted by Crippen LogP contribution is -2.28. The smallest absolute Gasteiger partial charge is 0.234 e. The molecule has 0 radical (unpaired) electrons. The van der Waals surface area contributed by atoms with Crippen molar-refractivity contribution in [1.82, 2.24) is 4.90 Å². The summed E-state index contributed by atoms with van der Waals surface area (Å²) >= 11 is 0. The summed E-state index contributed by atoms with van der Waals surface area (Å²) in [4.78, 5) is 14.0. The number of carbonyl (C=O) groups excluding carboxylic acids is 1. The van der Waals surface area contributed by atoms with E-state index in [2.05, 4.69) is 13.8 Å². The largest absolute Gasteiger partial charge is 0.348 e. The first-order chi connectivity index (χ1) is 10.1. The summed E-state index contributed by atoms with van der Waals surface area (Å²) in [6, 6.07) is 19.8. The second kappa shape index (κ2) is 8.96. The molecule has 0 saturated heterocycles. The lowest BCUT2D eigenvalue weighted by Gasteiger charge is -2.21. The van der Waals surface area contributed by atoms with Gasteiger partial charge < -0.3 is 4.90 Å². The number of rotatable bonds is 3.